The van der Waals surface area contributed by atoms with Crippen molar-refractivity contribution in [3.63, 3.8) is 0 Å². The van der Waals surface area contributed by atoms with Crippen LogP contribution in [-0.4, -0.2) is 18.5 Å². The second kappa shape index (κ2) is 7.54. The molecule has 120 valence electrons. The highest BCUT2D eigenvalue weighted by atomic mass is 19.1. The van der Waals surface area contributed by atoms with E-state index in [2.05, 4.69) is 5.32 Å². The molecular formula is C18H18FNO3. The van der Waals surface area contributed by atoms with E-state index in [-0.39, 0.29) is 18.1 Å². The molecule has 0 saturated heterocycles. The van der Waals surface area contributed by atoms with Gasteiger partial charge in [0.2, 0.25) is 5.91 Å². The summed E-state index contributed by atoms with van der Waals surface area (Å²) < 4.78 is 17.8. The highest BCUT2D eigenvalue weighted by Crippen LogP contribution is 2.18. The van der Waals surface area contributed by atoms with E-state index in [9.17, 15) is 14.0 Å². The summed E-state index contributed by atoms with van der Waals surface area (Å²) in [6.07, 6.45) is 0.128. The van der Waals surface area contributed by atoms with Gasteiger partial charge in [0, 0.05) is 5.69 Å². The Kier molecular flexibility index (Phi) is 5.46. The summed E-state index contributed by atoms with van der Waals surface area (Å²) in [4.78, 5) is 23.9. The number of carbonyl (C=O) groups is 2. The van der Waals surface area contributed by atoms with Crippen LogP contribution in [0.1, 0.15) is 28.4 Å². The molecule has 1 amide bonds. The number of ether oxygens (including phenoxy) is 1. The predicted molar refractivity (Wildman–Crippen MR) is 85.9 cm³/mol. The second-order valence-corrected chi connectivity index (χ2v) is 5.10. The van der Waals surface area contributed by atoms with Crippen LogP contribution in [0.15, 0.2) is 42.5 Å². The predicted octanol–water partition coefficient (Wildman–Crippen LogP) is 3.49. The van der Waals surface area contributed by atoms with Crippen molar-refractivity contribution in [2.75, 3.05) is 11.9 Å². The third-order valence-corrected chi connectivity index (χ3v) is 3.30. The van der Waals surface area contributed by atoms with Crippen LogP contribution in [0.2, 0.25) is 0 Å². The van der Waals surface area contributed by atoms with Crippen molar-refractivity contribution in [1.82, 2.24) is 0 Å². The SMILES string of the molecule is CCOC(=O)c1ccc(C)c(NC(=O)Cc2ccc(F)cc2)c1. The Bertz CT molecular complexity index is 711. The molecule has 2 aromatic rings. The van der Waals surface area contributed by atoms with E-state index in [4.69, 9.17) is 4.74 Å². The number of aryl methyl sites for hydroxylation is 1. The van der Waals surface area contributed by atoms with Crippen LogP contribution in [0.3, 0.4) is 0 Å². The molecular weight excluding hydrogens is 297 g/mol. The number of halogens is 1. The summed E-state index contributed by atoms with van der Waals surface area (Å²) in [6.45, 7) is 3.86. The number of hydrogen-bond acceptors (Lipinski definition) is 3. The number of esters is 1. The van der Waals surface area contributed by atoms with E-state index >= 15 is 0 Å². The van der Waals surface area contributed by atoms with Crippen molar-refractivity contribution >= 4 is 17.6 Å². The first-order chi connectivity index (χ1) is 11.0. The number of carbonyl (C=O) groups excluding carboxylic acids is 2. The molecule has 0 saturated carbocycles. The lowest BCUT2D eigenvalue weighted by atomic mass is 10.1. The topological polar surface area (TPSA) is 55.4 Å². The van der Waals surface area contributed by atoms with E-state index in [0.717, 1.165) is 5.56 Å². The summed E-state index contributed by atoms with van der Waals surface area (Å²) >= 11 is 0. The lowest BCUT2D eigenvalue weighted by Crippen LogP contribution is -2.16. The van der Waals surface area contributed by atoms with Gasteiger partial charge in [0.05, 0.1) is 18.6 Å². The molecule has 5 heteroatoms. The van der Waals surface area contributed by atoms with Crippen LogP contribution >= 0.6 is 0 Å². The molecule has 0 heterocycles. The maximum atomic E-state index is 12.9. The zero-order valence-corrected chi connectivity index (χ0v) is 13.1. The van der Waals surface area contributed by atoms with Crippen molar-refractivity contribution < 1.29 is 18.7 Å². The van der Waals surface area contributed by atoms with Gasteiger partial charge < -0.3 is 10.1 Å². The van der Waals surface area contributed by atoms with Crippen LogP contribution < -0.4 is 5.32 Å². The maximum absolute atomic E-state index is 12.9. The summed E-state index contributed by atoms with van der Waals surface area (Å²) in [7, 11) is 0. The smallest absolute Gasteiger partial charge is 0.338 e. The minimum absolute atomic E-state index is 0.128. The Morgan fingerprint density at radius 2 is 1.83 bits per heavy atom. The minimum atomic E-state index is -0.429. The second-order valence-electron chi connectivity index (χ2n) is 5.10. The molecule has 0 atom stereocenters. The van der Waals surface area contributed by atoms with Crippen LogP contribution in [0.4, 0.5) is 10.1 Å². The summed E-state index contributed by atoms with van der Waals surface area (Å²) in [5, 5.41) is 2.77. The molecule has 0 fully saturated rings. The van der Waals surface area contributed by atoms with Gasteiger partial charge in [0.1, 0.15) is 5.82 Å². The van der Waals surface area contributed by atoms with Crippen LogP contribution in [0.25, 0.3) is 0 Å². The van der Waals surface area contributed by atoms with Gasteiger partial charge in [0.15, 0.2) is 0 Å². The van der Waals surface area contributed by atoms with Gasteiger partial charge in [-0.2, -0.15) is 0 Å². The fraction of sp³-hybridized carbons (Fsp3) is 0.222. The van der Waals surface area contributed by atoms with Gasteiger partial charge in [-0.05, 0) is 49.2 Å². The molecule has 0 aromatic heterocycles. The van der Waals surface area contributed by atoms with Crippen LogP contribution in [0, 0.1) is 12.7 Å². The normalized spacial score (nSPS) is 10.2. The zero-order chi connectivity index (χ0) is 16.8. The van der Waals surface area contributed by atoms with E-state index < -0.39 is 5.97 Å². The largest absolute Gasteiger partial charge is 0.462 e. The van der Waals surface area contributed by atoms with Crippen molar-refractivity contribution in [3.8, 4) is 0 Å². The van der Waals surface area contributed by atoms with E-state index in [1.807, 2.05) is 6.92 Å². The number of rotatable bonds is 5. The number of anilines is 1. The summed E-state index contributed by atoms with van der Waals surface area (Å²) in [6, 6.07) is 10.8. The van der Waals surface area contributed by atoms with Crippen molar-refractivity contribution in [2.45, 2.75) is 20.3 Å². The van der Waals surface area contributed by atoms with Gasteiger partial charge in [-0.1, -0.05) is 18.2 Å². The monoisotopic (exact) mass is 315 g/mol. The minimum Gasteiger partial charge on any atom is -0.462 e. The lowest BCUT2D eigenvalue weighted by molar-refractivity contribution is -0.115. The molecule has 0 bridgehead atoms. The van der Waals surface area contributed by atoms with E-state index in [0.29, 0.717) is 23.4 Å². The van der Waals surface area contributed by atoms with Gasteiger partial charge >= 0.3 is 5.97 Å². The number of benzene rings is 2. The average Bonchev–Trinajstić information content (AvgIpc) is 2.52. The standard InChI is InChI=1S/C18H18FNO3/c1-3-23-18(22)14-7-4-12(2)16(11-14)20-17(21)10-13-5-8-15(19)9-6-13/h4-9,11H,3,10H2,1-2H3,(H,20,21). The third kappa shape index (κ3) is 4.64. The molecule has 0 unspecified atom stereocenters. The van der Waals surface area contributed by atoms with E-state index in [1.165, 1.54) is 12.1 Å². The first-order valence-corrected chi connectivity index (χ1v) is 7.31. The first kappa shape index (κ1) is 16.7. The molecule has 1 N–H and O–H groups in total. The molecule has 0 radical (unpaired) electrons. The highest BCUT2D eigenvalue weighted by Gasteiger charge is 2.11. The molecule has 4 nitrogen and oxygen atoms in total. The van der Waals surface area contributed by atoms with Crippen LogP contribution in [-0.2, 0) is 16.0 Å². The summed E-state index contributed by atoms with van der Waals surface area (Å²) in [5.74, 6) is -1.01. The fourth-order valence-corrected chi connectivity index (χ4v) is 2.08. The molecule has 2 aromatic carbocycles. The fourth-order valence-electron chi connectivity index (χ4n) is 2.08. The quantitative estimate of drug-likeness (QED) is 0.859. The van der Waals surface area contributed by atoms with Crippen molar-refractivity contribution in [3.05, 3.63) is 65.0 Å². The average molecular weight is 315 g/mol. The van der Waals surface area contributed by atoms with Gasteiger partial charge in [0.25, 0.3) is 0 Å². The molecule has 0 aliphatic carbocycles. The Morgan fingerprint density at radius 3 is 2.48 bits per heavy atom. The molecule has 2 rings (SSSR count). The highest BCUT2D eigenvalue weighted by molar-refractivity contribution is 5.96. The third-order valence-electron chi connectivity index (χ3n) is 3.30. The molecule has 0 aliphatic heterocycles. The zero-order valence-electron chi connectivity index (χ0n) is 13.1. The number of hydrogen-bond donors (Lipinski definition) is 1. The van der Waals surface area contributed by atoms with Gasteiger partial charge in [-0.15, -0.1) is 0 Å². The lowest BCUT2D eigenvalue weighted by Gasteiger charge is -2.10. The van der Waals surface area contributed by atoms with Gasteiger partial charge in [-0.25, -0.2) is 9.18 Å². The number of amides is 1. The maximum Gasteiger partial charge on any atom is 0.338 e. The Morgan fingerprint density at radius 1 is 1.13 bits per heavy atom. The molecule has 23 heavy (non-hydrogen) atoms. The Labute approximate surface area is 134 Å². The molecule has 0 spiro atoms. The first-order valence-electron chi connectivity index (χ1n) is 7.31. The Balaban J connectivity index is 2.09. The van der Waals surface area contributed by atoms with Crippen molar-refractivity contribution in [2.24, 2.45) is 0 Å². The summed E-state index contributed by atoms with van der Waals surface area (Å²) in [5.41, 5.74) is 2.49. The van der Waals surface area contributed by atoms with Gasteiger partial charge in [-0.3, -0.25) is 4.79 Å². The van der Waals surface area contributed by atoms with Crippen LogP contribution in [0.5, 0.6) is 0 Å². The van der Waals surface area contributed by atoms with E-state index in [1.54, 1.807) is 37.3 Å². The molecule has 0 aliphatic rings. The van der Waals surface area contributed by atoms with Crippen molar-refractivity contribution in [1.29, 1.82) is 0 Å². The number of nitrogens with one attached hydrogen (secondary N) is 1. The Hall–Kier alpha value is -2.69.